The number of rotatable bonds is 5. The largest absolute Gasteiger partial charge is 0.367 e. The highest BCUT2D eigenvalue weighted by atomic mass is 16.2. The lowest BCUT2D eigenvalue weighted by Gasteiger charge is -2.57. The molecule has 9 nitrogen and oxygen atoms in total. The molecule has 2 saturated heterocycles. The second kappa shape index (κ2) is 7.72. The van der Waals surface area contributed by atoms with Gasteiger partial charge < -0.3 is 10.2 Å². The molecule has 2 atom stereocenters. The normalized spacial score (nSPS) is 24.5. The van der Waals surface area contributed by atoms with Crippen molar-refractivity contribution in [3.8, 4) is 5.69 Å². The van der Waals surface area contributed by atoms with Crippen molar-refractivity contribution in [3.05, 3.63) is 54.0 Å². The van der Waals surface area contributed by atoms with E-state index in [2.05, 4.69) is 37.4 Å². The van der Waals surface area contributed by atoms with E-state index in [0.29, 0.717) is 29.8 Å². The zero-order valence-corrected chi connectivity index (χ0v) is 17.9. The number of nitrogens with zero attached hydrogens (tertiary/aromatic N) is 7. The molecule has 0 spiro atoms. The first kappa shape index (κ1) is 19.6. The molecule has 6 rings (SSSR count). The maximum atomic E-state index is 13.9. The first-order valence-electron chi connectivity index (χ1n) is 10.7. The predicted molar refractivity (Wildman–Crippen MR) is 115 cm³/mol. The Morgan fingerprint density at radius 1 is 1.10 bits per heavy atom. The molecular weight excluding hydrogens is 392 g/mol. The molecule has 1 amide bonds. The zero-order chi connectivity index (χ0) is 21.5. The molecule has 1 N–H and O–H groups in total. The van der Waals surface area contributed by atoms with Crippen molar-refractivity contribution < 1.29 is 4.79 Å². The first-order chi connectivity index (χ1) is 15.0. The maximum Gasteiger partial charge on any atom is 0.275 e. The zero-order valence-electron chi connectivity index (χ0n) is 17.9. The molecule has 3 aromatic heterocycles. The van der Waals surface area contributed by atoms with Crippen molar-refractivity contribution in [2.24, 2.45) is 11.8 Å². The second-order valence-electron chi connectivity index (χ2n) is 8.59. The van der Waals surface area contributed by atoms with Crippen LogP contribution in [0.3, 0.4) is 0 Å². The van der Waals surface area contributed by atoms with Gasteiger partial charge in [0, 0.05) is 18.3 Å². The van der Waals surface area contributed by atoms with E-state index in [1.165, 1.54) is 4.80 Å². The minimum Gasteiger partial charge on any atom is -0.367 e. The number of carbonyl (C=O) groups is 1. The van der Waals surface area contributed by atoms with Gasteiger partial charge in [0.1, 0.15) is 11.5 Å². The van der Waals surface area contributed by atoms with E-state index < -0.39 is 0 Å². The van der Waals surface area contributed by atoms with Gasteiger partial charge in [-0.15, -0.1) is 4.80 Å². The Labute approximate surface area is 180 Å². The number of anilines is 1. The van der Waals surface area contributed by atoms with Gasteiger partial charge in [-0.3, -0.25) is 9.78 Å². The van der Waals surface area contributed by atoms with Crippen molar-refractivity contribution in [1.29, 1.82) is 0 Å². The molecule has 0 unspecified atom stereocenters. The molecule has 3 aromatic rings. The van der Waals surface area contributed by atoms with Crippen molar-refractivity contribution in [1.82, 2.24) is 34.8 Å². The van der Waals surface area contributed by atoms with Crippen LogP contribution in [0.25, 0.3) is 5.69 Å². The fourth-order valence-electron chi connectivity index (χ4n) is 4.75. The lowest BCUT2D eigenvalue weighted by atomic mass is 9.64. The summed E-state index contributed by atoms with van der Waals surface area (Å²) >= 11 is 0. The van der Waals surface area contributed by atoms with Gasteiger partial charge in [0.15, 0.2) is 5.69 Å². The van der Waals surface area contributed by atoms with E-state index in [-0.39, 0.29) is 18.0 Å². The molecule has 0 radical (unpaired) electrons. The highest BCUT2D eigenvalue weighted by Crippen LogP contribution is 2.47. The van der Waals surface area contributed by atoms with E-state index in [0.717, 1.165) is 30.0 Å². The summed E-state index contributed by atoms with van der Waals surface area (Å²) in [7, 11) is 0. The van der Waals surface area contributed by atoms with Crippen LogP contribution in [0.1, 0.15) is 41.6 Å². The third-order valence-electron chi connectivity index (χ3n) is 6.61. The van der Waals surface area contributed by atoms with Gasteiger partial charge in [0.25, 0.3) is 5.91 Å². The van der Waals surface area contributed by atoms with Crippen LogP contribution in [-0.2, 0) is 0 Å². The molecule has 0 aromatic carbocycles. The Morgan fingerprint density at radius 2 is 1.87 bits per heavy atom. The predicted octanol–water partition coefficient (Wildman–Crippen LogP) is 2.42. The van der Waals surface area contributed by atoms with E-state index in [1.54, 1.807) is 24.8 Å². The van der Waals surface area contributed by atoms with E-state index in [4.69, 9.17) is 0 Å². The van der Waals surface area contributed by atoms with Crippen LogP contribution < -0.4 is 5.32 Å². The Balaban J connectivity index is 1.45. The summed E-state index contributed by atoms with van der Waals surface area (Å²) in [5.74, 6) is 1.70. The van der Waals surface area contributed by atoms with Crippen LogP contribution in [0.4, 0.5) is 5.82 Å². The lowest BCUT2D eigenvalue weighted by molar-refractivity contribution is -0.0505. The minimum atomic E-state index is -0.0622. The Kier molecular flexibility index (Phi) is 4.88. The minimum absolute atomic E-state index is 0.0499. The van der Waals surface area contributed by atoms with Crippen LogP contribution in [0.15, 0.2) is 36.9 Å². The van der Waals surface area contributed by atoms with Gasteiger partial charge >= 0.3 is 0 Å². The number of fused-ring (bicyclic) bond motifs is 2. The molecule has 5 heterocycles. The molecule has 3 aliphatic rings. The number of hydrogen-bond acceptors (Lipinski definition) is 7. The van der Waals surface area contributed by atoms with Crippen molar-refractivity contribution in [3.63, 3.8) is 0 Å². The summed E-state index contributed by atoms with van der Waals surface area (Å²) in [4.78, 5) is 30.7. The van der Waals surface area contributed by atoms with Crippen molar-refractivity contribution >= 4 is 11.7 Å². The molecule has 1 saturated carbocycles. The van der Waals surface area contributed by atoms with Crippen LogP contribution >= 0.6 is 0 Å². The third kappa shape index (κ3) is 3.54. The smallest absolute Gasteiger partial charge is 0.275 e. The first-order valence-corrected chi connectivity index (χ1v) is 10.7. The molecule has 31 heavy (non-hydrogen) atoms. The molecule has 9 heteroatoms. The van der Waals surface area contributed by atoms with Gasteiger partial charge in [-0.1, -0.05) is 6.92 Å². The second-order valence-corrected chi connectivity index (χ2v) is 8.59. The van der Waals surface area contributed by atoms with E-state index in [1.807, 2.05) is 30.9 Å². The number of piperidine rings is 2. The van der Waals surface area contributed by atoms with E-state index >= 15 is 0 Å². The van der Waals surface area contributed by atoms with Gasteiger partial charge in [-0.25, -0.2) is 9.97 Å². The molecule has 160 valence electrons. The van der Waals surface area contributed by atoms with Crippen molar-refractivity contribution in [2.75, 3.05) is 11.9 Å². The average molecular weight is 419 g/mol. The van der Waals surface area contributed by atoms with Gasteiger partial charge in [-0.05, 0) is 50.7 Å². The van der Waals surface area contributed by atoms with E-state index in [9.17, 15) is 4.79 Å². The summed E-state index contributed by atoms with van der Waals surface area (Å²) in [6, 6.07) is 4.03. The molecule has 3 fully saturated rings. The molecule has 2 aliphatic heterocycles. The van der Waals surface area contributed by atoms with Gasteiger partial charge in [0.2, 0.25) is 0 Å². The van der Waals surface area contributed by atoms with Gasteiger partial charge in [-0.2, -0.15) is 10.2 Å². The number of carbonyl (C=O) groups excluding carboxylic acids is 1. The summed E-state index contributed by atoms with van der Waals surface area (Å²) in [5.41, 5.74) is 2.67. The van der Waals surface area contributed by atoms with Crippen LogP contribution in [0.5, 0.6) is 0 Å². The molecular formula is C22H26N8O. The monoisotopic (exact) mass is 418 g/mol. The third-order valence-corrected chi connectivity index (χ3v) is 6.61. The highest BCUT2D eigenvalue weighted by Gasteiger charge is 2.51. The molecule has 1 aliphatic carbocycles. The number of pyridine rings is 1. The summed E-state index contributed by atoms with van der Waals surface area (Å²) in [6.07, 6.45) is 8.78. The number of amides is 1. The summed E-state index contributed by atoms with van der Waals surface area (Å²) < 4.78 is 0. The maximum absolute atomic E-state index is 13.9. The van der Waals surface area contributed by atoms with Crippen LogP contribution in [-0.4, -0.2) is 59.4 Å². The topological polar surface area (TPSA) is 102 Å². The summed E-state index contributed by atoms with van der Waals surface area (Å²) in [5, 5.41) is 11.8. The fourth-order valence-corrected chi connectivity index (χ4v) is 4.75. The number of aromatic nitrogens is 6. The Hall–Kier alpha value is -3.36. The Morgan fingerprint density at radius 3 is 2.58 bits per heavy atom. The summed E-state index contributed by atoms with van der Waals surface area (Å²) in [6.45, 7) is 6.67. The standard InChI is InChI=1S/C22H26N8O/c1-13-4-5-18(30-26-6-7-27-30)21(28-13)22(31)29-17-8-16(9-17)15(3)19(29)11-25-20-12-23-14(2)10-24-20/h4-7,10,12,15-17,19H,8-9,11H2,1-3H3,(H,24,25)/t15-,16?,17?,19-/m1/s1. The highest BCUT2D eigenvalue weighted by molar-refractivity contribution is 5.96. The van der Waals surface area contributed by atoms with Crippen LogP contribution in [0.2, 0.25) is 0 Å². The Bertz CT molecular complexity index is 1080. The SMILES string of the molecule is Cc1cnc(NC[C@@H]2[C@H](C)C3CC(C3)N2C(=O)c2nc(C)ccc2-n2nccn2)cn1. The quantitative estimate of drug-likeness (QED) is 0.679. The lowest BCUT2D eigenvalue weighted by Crippen LogP contribution is -2.64. The number of aryl methyl sites for hydroxylation is 2. The van der Waals surface area contributed by atoms with Gasteiger partial charge in [0.05, 0.1) is 36.5 Å². The number of hydrogen-bond donors (Lipinski definition) is 1. The van der Waals surface area contributed by atoms with Crippen LogP contribution in [0, 0.1) is 25.7 Å². The number of nitrogens with one attached hydrogen (secondary N) is 1. The molecule has 2 bridgehead atoms. The average Bonchev–Trinajstić information content (AvgIpc) is 3.27. The van der Waals surface area contributed by atoms with Crippen molar-refractivity contribution in [2.45, 2.75) is 45.7 Å². The fraction of sp³-hybridized carbons (Fsp3) is 0.455.